The first-order valence-corrected chi connectivity index (χ1v) is 10.8. The summed E-state index contributed by atoms with van der Waals surface area (Å²) in [7, 11) is -3.90. The third-order valence-electron chi connectivity index (χ3n) is 3.78. The molecule has 0 radical (unpaired) electrons. The summed E-state index contributed by atoms with van der Waals surface area (Å²) >= 11 is 6.69. The number of ether oxygens (including phenoxy) is 1. The Bertz CT molecular complexity index is 969. The lowest BCUT2D eigenvalue weighted by molar-refractivity contribution is -0.129. The molecule has 1 aliphatic carbocycles. The molecule has 1 heterocycles. The first-order chi connectivity index (χ1) is 12.8. The third kappa shape index (κ3) is 5.00. The highest BCUT2D eigenvalue weighted by Gasteiger charge is 2.28. The number of para-hydroxylation sites is 1. The molecule has 27 heavy (non-hydrogen) atoms. The zero-order chi connectivity index (χ0) is 19.6. The fourth-order valence-corrected chi connectivity index (χ4v) is 4.77. The van der Waals surface area contributed by atoms with E-state index in [-0.39, 0.29) is 27.4 Å². The molecule has 7 nitrogen and oxygen atoms in total. The monoisotopic (exact) mass is 428 g/mol. The van der Waals surface area contributed by atoms with Crippen molar-refractivity contribution in [2.45, 2.75) is 36.1 Å². The molecule has 1 aromatic carbocycles. The molecule has 1 amide bonds. The fourth-order valence-electron chi connectivity index (χ4n) is 2.21. The molecule has 1 aromatic heterocycles. The molecule has 3 rings (SSSR count). The van der Waals surface area contributed by atoms with E-state index >= 15 is 0 Å². The zero-order valence-corrected chi connectivity index (χ0v) is 16.7. The van der Waals surface area contributed by atoms with Gasteiger partial charge in [0.25, 0.3) is 15.9 Å². The maximum atomic E-state index is 12.5. The first kappa shape index (κ1) is 19.7. The van der Waals surface area contributed by atoms with Crippen molar-refractivity contribution in [3.05, 3.63) is 46.3 Å². The van der Waals surface area contributed by atoms with E-state index < -0.39 is 22.1 Å². The lowest BCUT2D eigenvalue weighted by Crippen LogP contribution is -2.37. The van der Waals surface area contributed by atoms with Gasteiger partial charge in [0.05, 0.1) is 15.6 Å². The molecular weight excluding hydrogens is 412 g/mol. The van der Waals surface area contributed by atoms with E-state index in [0.29, 0.717) is 4.34 Å². The van der Waals surface area contributed by atoms with Crippen molar-refractivity contribution in [3.63, 3.8) is 0 Å². The molecule has 10 heteroatoms. The van der Waals surface area contributed by atoms with Crippen LogP contribution in [0.25, 0.3) is 0 Å². The largest absolute Gasteiger partial charge is 0.449 e. The molecule has 0 unspecified atom stereocenters. The van der Waals surface area contributed by atoms with Crippen LogP contribution in [0.1, 0.15) is 30.1 Å². The number of hydrogen-bond donors (Lipinski definition) is 2. The second kappa shape index (κ2) is 7.87. The molecule has 0 aliphatic heterocycles. The SMILES string of the molecule is C[C@H](OC(=O)c1ccccc1NS(=O)(=O)c1ccc(Cl)s1)C(=O)NC1CC1. The Morgan fingerprint density at radius 3 is 2.56 bits per heavy atom. The van der Waals surface area contributed by atoms with E-state index in [1.54, 1.807) is 12.1 Å². The highest BCUT2D eigenvalue weighted by molar-refractivity contribution is 7.94. The third-order valence-corrected chi connectivity index (χ3v) is 6.87. The summed E-state index contributed by atoms with van der Waals surface area (Å²) < 4.78 is 32.9. The highest BCUT2D eigenvalue weighted by atomic mass is 35.5. The van der Waals surface area contributed by atoms with Gasteiger partial charge in [-0.3, -0.25) is 9.52 Å². The van der Waals surface area contributed by atoms with E-state index in [4.69, 9.17) is 16.3 Å². The Labute approximate surface area is 165 Å². The number of carbonyl (C=O) groups excluding carboxylic acids is 2. The average molecular weight is 429 g/mol. The summed E-state index contributed by atoms with van der Waals surface area (Å²) in [6, 6.07) is 9.02. The Morgan fingerprint density at radius 1 is 1.22 bits per heavy atom. The number of rotatable bonds is 7. The van der Waals surface area contributed by atoms with Gasteiger partial charge in [-0.25, -0.2) is 13.2 Å². The predicted octanol–water partition coefficient (Wildman–Crippen LogP) is 3.03. The molecule has 2 N–H and O–H groups in total. The molecule has 1 saturated carbocycles. The molecule has 1 aliphatic rings. The van der Waals surface area contributed by atoms with Crippen LogP contribution in [0.5, 0.6) is 0 Å². The summed E-state index contributed by atoms with van der Waals surface area (Å²) in [5.41, 5.74) is 0.0663. The molecular formula is C17H17ClN2O5S2. The topological polar surface area (TPSA) is 102 Å². The minimum absolute atomic E-state index is 0.00907. The Hall–Kier alpha value is -2.10. The first-order valence-electron chi connectivity index (χ1n) is 8.15. The van der Waals surface area contributed by atoms with Crippen molar-refractivity contribution in [2.75, 3.05) is 4.72 Å². The number of nitrogens with one attached hydrogen (secondary N) is 2. The molecule has 0 saturated heterocycles. The van der Waals surface area contributed by atoms with Crippen LogP contribution in [-0.2, 0) is 19.6 Å². The number of hydrogen-bond acceptors (Lipinski definition) is 6. The van der Waals surface area contributed by atoms with Crippen LogP contribution in [0.3, 0.4) is 0 Å². The number of thiophene rings is 1. The number of amides is 1. The summed E-state index contributed by atoms with van der Waals surface area (Å²) in [4.78, 5) is 24.4. The summed E-state index contributed by atoms with van der Waals surface area (Å²) in [6.07, 6.45) is 0.854. The minimum atomic E-state index is -3.90. The van der Waals surface area contributed by atoms with Crippen molar-refractivity contribution in [2.24, 2.45) is 0 Å². The lowest BCUT2D eigenvalue weighted by Gasteiger charge is -2.15. The fraction of sp³-hybridized carbons (Fsp3) is 0.294. The van der Waals surface area contributed by atoms with Crippen molar-refractivity contribution in [1.29, 1.82) is 0 Å². The Morgan fingerprint density at radius 2 is 1.93 bits per heavy atom. The number of carbonyl (C=O) groups is 2. The van der Waals surface area contributed by atoms with Crippen LogP contribution >= 0.6 is 22.9 Å². The van der Waals surface area contributed by atoms with Crippen LogP contribution in [0.4, 0.5) is 5.69 Å². The molecule has 0 bridgehead atoms. The van der Waals surface area contributed by atoms with Gasteiger partial charge in [0.1, 0.15) is 4.21 Å². The van der Waals surface area contributed by atoms with E-state index in [2.05, 4.69) is 10.0 Å². The van der Waals surface area contributed by atoms with Gasteiger partial charge < -0.3 is 10.1 Å². The van der Waals surface area contributed by atoms with Gasteiger partial charge >= 0.3 is 5.97 Å². The van der Waals surface area contributed by atoms with Crippen LogP contribution < -0.4 is 10.0 Å². The maximum Gasteiger partial charge on any atom is 0.341 e. The summed E-state index contributed by atoms with van der Waals surface area (Å²) in [6.45, 7) is 1.47. The second-order valence-electron chi connectivity index (χ2n) is 6.04. The van der Waals surface area contributed by atoms with Gasteiger partial charge in [-0.2, -0.15) is 0 Å². The molecule has 144 valence electrons. The minimum Gasteiger partial charge on any atom is -0.449 e. The van der Waals surface area contributed by atoms with E-state index in [0.717, 1.165) is 24.2 Å². The van der Waals surface area contributed by atoms with Gasteiger partial charge in [-0.1, -0.05) is 23.7 Å². The quantitative estimate of drug-likeness (QED) is 0.660. The van der Waals surface area contributed by atoms with Gasteiger partial charge in [0.2, 0.25) is 0 Å². The predicted molar refractivity (Wildman–Crippen MR) is 103 cm³/mol. The molecule has 0 spiro atoms. The maximum absolute atomic E-state index is 12.5. The number of esters is 1. The van der Waals surface area contributed by atoms with Crippen molar-refractivity contribution in [3.8, 4) is 0 Å². The molecule has 2 aromatic rings. The summed E-state index contributed by atoms with van der Waals surface area (Å²) in [5, 5.41) is 2.75. The normalized spacial score (nSPS) is 15.0. The van der Waals surface area contributed by atoms with E-state index in [9.17, 15) is 18.0 Å². The second-order valence-corrected chi connectivity index (χ2v) is 9.66. The van der Waals surface area contributed by atoms with Crippen molar-refractivity contribution < 1.29 is 22.7 Å². The van der Waals surface area contributed by atoms with Crippen LogP contribution in [0, 0.1) is 0 Å². The number of anilines is 1. The Kier molecular flexibility index (Phi) is 5.73. The van der Waals surface area contributed by atoms with Crippen LogP contribution in [0.2, 0.25) is 4.34 Å². The smallest absolute Gasteiger partial charge is 0.341 e. The van der Waals surface area contributed by atoms with Crippen LogP contribution in [-0.4, -0.2) is 32.4 Å². The molecule has 1 atom stereocenters. The van der Waals surface area contributed by atoms with E-state index in [1.165, 1.54) is 31.2 Å². The van der Waals surface area contributed by atoms with Gasteiger partial charge in [-0.15, -0.1) is 11.3 Å². The van der Waals surface area contributed by atoms with Crippen LogP contribution in [0.15, 0.2) is 40.6 Å². The standard InChI is InChI=1S/C17H17ClN2O5S2/c1-10(16(21)19-11-6-7-11)25-17(22)12-4-2-3-5-13(12)20-27(23,24)15-9-8-14(18)26-15/h2-5,8-11,20H,6-7H2,1H3,(H,19,21)/t10-/m0/s1. The highest BCUT2D eigenvalue weighted by Crippen LogP contribution is 2.28. The molecule has 1 fully saturated rings. The number of sulfonamides is 1. The Balaban J connectivity index is 1.74. The summed E-state index contributed by atoms with van der Waals surface area (Å²) in [5.74, 6) is -1.17. The van der Waals surface area contributed by atoms with Gasteiger partial charge in [0.15, 0.2) is 6.10 Å². The van der Waals surface area contributed by atoms with Gasteiger partial charge in [-0.05, 0) is 44.0 Å². The average Bonchev–Trinajstić information content (AvgIpc) is 3.31. The lowest BCUT2D eigenvalue weighted by atomic mass is 10.2. The number of halogens is 1. The van der Waals surface area contributed by atoms with Crippen molar-refractivity contribution in [1.82, 2.24) is 5.32 Å². The van der Waals surface area contributed by atoms with E-state index in [1.807, 2.05) is 0 Å². The van der Waals surface area contributed by atoms with Gasteiger partial charge in [0, 0.05) is 6.04 Å². The van der Waals surface area contributed by atoms with Crippen molar-refractivity contribution >= 4 is 50.5 Å². The number of benzene rings is 1. The zero-order valence-electron chi connectivity index (χ0n) is 14.3.